The summed E-state index contributed by atoms with van der Waals surface area (Å²) in [7, 11) is 1.83. The van der Waals surface area contributed by atoms with Gasteiger partial charge in [-0.15, -0.1) is 0 Å². The number of benzene rings is 1. The number of aromatic nitrogens is 3. The van der Waals surface area contributed by atoms with Gasteiger partial charge in [0.1, 0.15) is 11.6 Å². The largest absolute Gasteiger partial charge is 0.387 e. The Labute approximate surface area is 169 Å². The minimum absolute atomic E-state index is 0.0386. The van der Waals surface area contributed by atoms with E-state index >= 15 is 0 Å². The van der Waals surface area contributed by atoms with Gasteiger partial charge in [0.25, 0.3) is 5.91 Å². The van der Waals surface area contributed by atoms with E-state index in [0.29, 0.717) is 18.3 Å². The number of carbonyl (C=O) groups excluding carboxylic acids is 1. The van der Waals surface area contributed by atoms with E-state index in [9.17, 15) is 4.79 Å². The molecule has 0 radical (unpaired) electrons. The van der Waals surface area contributed by atoms with Crippen molar-refractivity contribution in [2.45, 2.75) is 32.2 Å². The number of nitrogens with zero attached hydrogens (tertiary/aromatic N) is 3. The molecule has 1 aliphatic carbocycles. The molecule has 2 aliphatic rings. The van der Waals surface area contributed by atoms with Gasteiger partial charge >= 0.3 is 0 Å². The van der Waals surface area contributed by atoms with E-state index in [4.69, 9.17) is 0 Å². The molecule has 1 saturated carbocycles. The first-order chi connectivity index (χ1) is 14.1. The van der Waals surface area contributed by atoms with Crippen molar-refractivity contribution in [3.63, 3.8) is 0 Å². The third kappa shape index (κ3) is 3.18. The van der Waals surface area contributed by atoms with Crippen LogP contribution in [0.4, 0.5) is 17.3 Å². The summed E-state index contributed by atoms with van der Waals surface area (Å²) in [6.07, 6.45) is 7.88. The summed E-state index contributed by atoms with van der Waals surface area (Å²) in [5.74, 6) is 1.96. The van der Waals surface area contributed by atoms with Gasteiger partial charge in [-0.05, 0) is 48.6 Å². The van der Waals surface area contributed by atoms with E-state index in [0.717, 1.165) is 45.0 Å². The fraction of sp³-hybridized carbons (Fsp3) is 0.273. The van der Waals surface area contributed by atoms with Gasteiger partial charge in [0.05, 0.1) is 23.7 Å². The Morgan fingerprint density at radius 1 is 1.03 bits per heavy atom. The highest BCUT2D eigenvalue weighted by Crippen LogP contribution is 2.39. The van der Waals surface area contributed by atoms with Crippen molar-refractivity contribution in [1.82, 2.24) is 20.3 Å². The molecule has 7 nitrogen and oxygen atoms in total. The Morgan fingerprint density at radius 3 is 2.55 bits per heavy atom. The number of amides is 1. The van der Waals surface area contributed by atoms with Gasteiger partial charge in [0, 0.05) is 37.0 Å². The monoisotopic (exact) mass is 386 g/mol. The van der Waals surface area contributed by atoms with Crippen molar-refractivity contribution in [2.24, 2.45) is 0 Å². The average molecular weight is 386 g/mol. The molecule has 3 aromatic rings. The molecule has 1 fully saturated rings. The molecule has 3 heterocycles. The predicted octanol–water partition coefficient (Wildman–Crippen LogP) is 3.75. The van der Waals surface area contributed by atoms with Crippen LogP contribution >= 0.6 is 0 Å². The summed E-state index contributed by atoms with van der Waals surface area (Å²) in [5, 5.41) is 9.25. The van der Waals surface area contributed by atoms with Crippen molar-refractivity contribution in [3.8, 4) is 11.1 Å². The van der Waals surface area contributed by atoms with Crippen molar-refractivity contribution in [2.75, 3.05) is 17.7 Å². The molecule has 146 valence electrons. The fourth-order valence-corrected chi connectivity index (χ4v) is 3.84. The number of anilines is 3. The molecule has 5 rings (SSSR count). The second-order valence-electron chi connectivity index (χ2n) is 7.56. The summed E-state index contributed by atoms with van der Waals surface area (Å²) in [6.45, 7) is 2.58. The molecule has 0 unspecified atom stereocenters. The number of rotatable bonds is 5. The molecule has 0 spiro atoms. The van der Waals surface area contributed by atoms with Gasteiger partial charge < -0.3 is 16.0 Å². The lowest BCUT2D eigenvalue weighted by Gasteiger charge is -2.14. The van der Waals surface area contributed by atoms with Crippen LogP contribution in [0.1, 0.15) is 45.9 Å². The average Bonchev–Trinajstić information content (AvgIpc) is 3.51. The number of hydrogen-bond donors (Lipinski definition) is 3. The standard InChI is InChI=1S/C22H22N6O/c1-12-7-19(28-20-11-24-18(10-26-20)13-3-4-13)25-8-15(12)14-5-6-17(23-2)21-16(14)9-27-22(21)29/h5-8,10-11,13,23H,3-4,9H2,1-2H3,(H,27,29)(H,25,26,28). The van der Waals surface area contributed by atoms with E-state index in [1.807, 2.05) is 44.6 Å². The van der Waals surface area contributed by atoms with Gasteiger partial charge in [-0.1, -0.05) is 6.07 Å². The van der Waals surface area contributed by atoms with Crippen LogP contribution in [0.25, 0.3) is 11.1 Å². The van der Waals surface area contributed by atoms with E-state index in [-0.39, 0.29) is 5.91 Å². The predicted molar refractivity (Wildman–Crippen MR) is 112 cm³/mol. The molecule has 3 N–H and O–H groups in total. The van der Waals surface area contributed by atoms with Crippen molar-refractivity contribution < 1.29 is 4.79 Å². The number of pyridine rings is 1. The van der Waals surface area contributed by atoms with E-state index in [1.54, 1.807) is 6.20 Å². The Kier molecular flexibility index (Phi) is 4.16. The Balaban J connectivity index is 1.44. The number of fused-ring (bicyclic) bond motifs is 1. The highest BCUT2D eigenvalue weighted by Gasteiger charge is 2.26. The van der Waals surface area contributed by atoms with Crippen LogP contribution in [-0.2, 0) is 6.54 Å². The maximum atomic E-state index is 12.3. The summed E-state index contributed by atoms with van der Waals surface area (Å²) in [4.78, 5) is 25.8. The molecule has 29 heavy (non-hydrogen) atoms. The Bertz CT molecular complexity index is 1110. The molecular formula is C22H22N6O. The Hall–Kier alpha value is -3.48. The quantitative estimate of drug-likeness (QED) is 0.618. The van der Waals surface area contributed by atoms with Gasteiger partial charge in [-0.25, -0.2) is 9.97 Å². The zero-order chi connectivity index (χ0) is 20.0. The minimum atomic E-state index is -0.0386. The lowest BCUT2D eigenvalue weighted by atomic mass is 9.94. The van der Waals surface area contributed by atoms with Crippen LogP contribution in [0.5, 0.6) is 0 Å². The van der Waals surface area contributed by atoms with Crippen LogP contribution in [0.15, 0.2) is 36.8 Å². The smallest absolute Gasteiger partial charge is 0.254 e. The first kappa shape index (κ1) is 17.6. The molecule has 1 aromatic carbocycles. The molecule has 0 saturated heterocycles. The zero-order valence-electron chi connectivity index (χ0n) is 16.4. The van der Waals surface area contributed by atoms with Gasteiger partial charge in [0.2, 0.25) is 0 Å². The van der Waals surface area contributed by atoms with Crippen LogP contribution < -0.4 is 16.0 Å². The SMILES string of the molecule is CNc1ccc(-c2cnc(Nc3cnc(C4CC4)cn3)cc2C)c2c1C(=O)NC2. The molecular weight excluding hydrogens is 364 g/mol. The lowest BCUT2D eigenvalue weighted by molar-refractivity contribution is 0.0966. The molecule has 0 atom stereocenters. The maximum Gasteiger partial charge on any atom is 0.254 e. The van der Waals surface area contributed by atoms with Crippen molar-refractivity contribution in [1.29, 1.82) is 0 Å². The Morgan fingerprint density at radius 2 is 1.86 bits per heavy atom. The third-order valence-corrected chi connectivity index (χ3v) is 5.56. The highest BCUT2D eigenvalue weighted by atomic mass is 16.1. The number of carbonyl (C=O) groups is 1. The number of nitrogens with one attached hydrogen (secondary N) is 3. The molecule has 1 amide bonds. The zero-order valence-corrected chi connectivity index (χ0v) is 16.4. The molecule has 2 aromatic heterocycles. The molecule has 0 bridgehead atoms. The first-order valence-electron chi connectivity index (χ1n) is 9.82. The fourth-order valence-electron chi connectivity index (χ4n) is 3.84. The summed E-state index contributed by atoms with van der Waals surface area (Å²) in [6, 6.07) is 5.99. The van der Waals surface area contributed by atoms with E-state index < -0.39 is 0 Å². The first-order valence-corrected chi connectivity index (χ1v) is 9.82. The van der Waals surface area contributed by atoms with Crippen LogP contribution in [-0.4, -0.2) is 27.9 Å². The maximum absolute atomic E-state index is 12.3. The molecule has 1 aliphatic heterocycles. The highest BCUT2D eigenvalue weighted by molar-refractivity contribution is 6.05. The topological polar surface area (TPSA) is 91.8 Å². The second kappa shape index (κ2) is 6.84. The van der Waals surface area contributed by atoms with E-state index in [2.05, 4.69) is 30.9 Å². The summed E-state index contributed by atoms with van der Waals surface area (Å²) < 4.78 is 0. The summed E-state index contributed by atoms with van der Waals surface area (Å²) >= 11 is 0. The van der Waals surface area contributed by atoms with Gasteiger partial charge in [-0.2, -0.15) is 0 Å². The van der Waals surface area contributed by atoms with Gasteiger partial charge in [0.15, 0.2) is 0 Å². The summed E-state index contributed by atoms with van der Waals surface area (Å²) in [5.41, 5.74) is 6.76. The van der Waals surface area contributed by atoms with Gasteiger partial charge in [-0.3, -0.25) is 9.78 Å². The van der Waals surface area contributed by atoms with Crippen LogP contribution in [0, 0.1) is 6.92 Å². The van der Waals surface area contributed by atoms with E-state index in [1.165, 1.54) is 12.8 Å². The normalized spacial score (nSPS) is 15.0. The lowest BCUT2D eigenvalue weighted by Crippen LogP contribution is -2.13. The molecule has 7 heteroatoms. The number of aryl methyl sites for hydroxylation is 1. The minimum Gasteiger partial charge on any atom is -0.387 e. The third-order valence-electron chi connectivity index (χ3n) is 5.56. The van der Waals surface area contributed by atoms with Crippen LogP contribution in [0.2, 0.25) is 0 Å². The number of hydrogen-bond acceptors (Lipinski definition) is 6. The van der Waals surface area contributed by atoms with Crippen molar-refractivity contribution in [3.05, 3.63) is 59.2 Å². The van der Waals surface area contributed by atoms with Crippen LogP contribution in [0.3, 0.4) is 0 Å². The second-order valence-corrected chi connectivity index (χ2v) is 7.56. The van der Waals surface area contributed by atoms with Crippen molar-refractivity contribution >= 4 is 23.2 Å².